The second kappa shape index (κ2) is 8.64. The SMILES string of the molecule is C/C=C(\CNCC)c1cccc(-c2ccc(-c3cnn(C)c3)c(NC)n2)c1. The summed E-state index contributed by atoms with van der Waals surface area (Å²) in [5.41, 5.74) is 6.67. The number of benzene rings is 1. The minimum absolute atomic E-state index is 0.852. The van der Waals surface area contributed by atoms with E-state index in [2.05, 4.69) is 72.1 Å². The van der Waals surface area contributed by atoms with E-state index >= 15 is 0 Å². The molecule has 0 spiro atoms. The molecule has 0 amide bonds. The molecule has 5 nitrogen and oxygen atoms in total. The molecule has 1 aromatic carbocycles. The van der Waals surface area contributed by atoms with Crippen LogP contribution in [0.2, 0.25) is 0 Å². The largest absolute Gasteiger partial charge is 0.373 e. The maximum atomic E-state index is 4.85. The van der Waals surface area contributed by atoms with Crippen LogP contribution in [-0.4, -0.2) is 34.9 Å². The number of nitrogens with zero attached hydrogens (tertiary/aromatic N) is 3. The topological polar surface area (TPSA) is 54.8 Å². The molecular weight excluding hydrogens is 334 g/mol. The zero-order valence-electron chi connectivity index (χ0n) is 16.5. The first kappa shape index (κ1) is 18.9. The molecule has 0 bridgehead atoms. The fraction of sp³-hybridized carbons (Fsp3) is 0.273. The predicted octanol–water partition coefficient (Wildman–Crippen LogP) is 4.20. The highest BCUT2D eigenvalue weighted by molar-refractivity contribution is 5.78. The van der Waals surface area contributed by atoms with E-state index in [9.17, 15) is 0 Å². The van der Waals surface area contributed by atoms with Gasteiger partial charge >= 0.3 is 0 Å². The second-order valence-corrected chi connectivity index (χ2v) is 6.42. The van der Waals surface area contributed by atoms with Crippen molar-refractivity contribution in [3.63, 3.8) is 0 Å². The molecule has 0 saturated carbocycles. The van der Waals surface area contributed by atoms with E-state index < -0.39 is 0 Å². The van der Waals surface area contributed by atoms with E-state index in [0.29, 0.717) is 0 Å². The number of aryl methyl sites for hydroxylation is 1. The molecule has 140 valence electrons. The van der Waals surface area contributed by atoms with Crippen molar-refractivity contribution in [1.29, 1.82) is 0 Å². The van der Waals surface area contributed by atoms with E-state index in [4.69, 9.17) is 4.98 Å². The van der Waals surface area contributed by atoms with Crippen LogP contribution in [0.5, 0.6) is 0 Å². The van der Waals surface area contributed by atoms with Gasteiger partial charge in [-0.3, -0.25) is 4.68 Å². The van der Waals surface area contributed by atoms with Crippen molar-refractivity contribution in [3.05, 3.63) is 60.4 Å². The van der Waals surface area contributed by atoms with Crippen LogP contribution in [0.1, 0.15) is 19.4 Å². The first-order valence-corrected chi connectivity index (χ1v) is 9.30. The predicted molar refractivity (Wildman–Crippen MR) is 114 cm³/mol. The van der Waals surface area contributed by atoms with Crippen LogP contribution in [0.3, 0.4) is 0 Å². The Morgan fingerprint density at radius 3 is 2.70 bits per heavy atom. The number of anilines is 1. The van der Waals surface area contributed by atoms with Gasteiger partial charge in [-0.25, -0.2) is 4.98 Å². The first-order valence-electron chi connectivity index (χ1n) is 9.30. The number of aromatic nitrogens is 3. The molecule has 3 aromatic rings. The lowest BCUT2D eigenvalue weighted by Gasteiger charge is -2.12. The number of rotatable bonds is 7. The average Bonchev–Trinajstić information content (AvgIpc) is 3.14. The zero-order chi connectivity index (χ0) is 19.2. The van der Waals surface area contributed by atoms with Gasteiger partial charge in [0.25, 0.3) is 0 Å². The minimum Gasteiger partial charge on any atom is -0.373 e. The monoisotopic (exact) mass is 361 g/mol. The van der Waals surface area contributed by atoms with Gasteiger partial charge in [-0.2, -0.15) is 5.10 Å². The van der Waals surface area contributed by atoms with Gasteiger partial charge in [0.2, 0.25) is 0 Å². The van der Waals surface area contributed by atoms with Gasteiger partial charge in [0.15, 0.2) is 0 Å². The summed E-state index contributed by atoms with van der Waals surface area (Å²) in [6.45, 7) is 6.03. The number of hydrogen-bond donors (Lipinski definition) is 2. The molecule has 0 aliphatic rings. The Morgan fingerprint density at radius 1 is 1.19 bits per heavy atom. The van der Waals surface area contributed by atoms with Crippen molar-refractivity contribution < 1.29 is 0 Å². The smallest absolute Gasteiger partial charge is 0.134 e. The molecule has 0 aliphatic heterocycles. The summed E-state index contributed by atoms with van der Waals surface area (Å²) in [6, 6.07) is 12.7. The standard InChI is InChI=1S/C22H27N5/c1-5-16(13-24-6-2)17-8-7-9-18(12-17)21-11-10-20(22(23-3)26-21)19-14-25-27(4)15-19/h5,7-12,14-15,24H,6,13H2,1-4H3,(H,23,26)/b16-5+. The molecule has 3 rings (SSSR count). The second-order valence-electron chi connectivity index (χ2n) is 6.42. The third-order valence-electron chi connectivity index (χ3n) is 4.59. The minimum atomic E-state index is 0.852. The van der Waals surface area contributed by atoms with Gasteiger partial charge in [-0.15, -0.1) is 0 Å². The number of allylic oxidation sites excluding steroid dienone is 1. The fourth-order valence-corrected chi connectivity index (χ4v) is 3.11. The average molecular weight is 361 g/mol. The van der Waals surface area contributed by atoms with Crippen LogP contribution >= 0.6 is 0 Å². The molecule has 2 heterocycles. The van der Waals surface area contributed by atoms with Gasteiger partial charge in [-0.1, -0.05) is 31.2 Å². The summed E-state index contributed by atoms with van der Waals surface area (Å²) in [5, 5.41) is 10.9. The first-order chi connectivity index (χ1) is 13.2. The van der Waals surface area contributed by atoms with Gasteiger partial charge in [0, 0.05) is 43.5 Å². The zero-order valence-corrected chi connectivity index (χ0v) is 16.5. The van der Waals surface area contributed by atoms with Gasteiger partial charge in [0.05, 0.1) is 11.9 Å². The van der Waals surface area contributed by atoms with Crippen molar-refractivity contribution in [2.75, 3.05) is 25.5 Å². The fourth-order valence-electron chi connectivity index (χ4n) is 3.11. The molecule has 27 heavy (non-hydrogen) atoms. The maximum Gasteiger partial charge on any atom is 0.134 e. The molecule has 5 heteroatoms. The molecule has 0 aliphatic carbocycles. The van der Waals surface area contributed by atoms with Crippen LogP contribution in [0, 0.1) is 0 Å². The Balaban J connectivity index is 1.96. The van der Waals surface area contributed by atoms with Crippen molar-refractivity contribution in [3.8, 4) is 22.4 Å². The third kappa shape index (κ3) is 4.26. The lowest BCUT2D eigenvalue weighted by atomic mass is 10.0. The van der Waals surface area contributed by atoms with Crippen molar-refractivity contribution in [2.24, 2.45) is 7.05 Å². The molecule has 0 saturated heterocycles. The Kier molecular flexibility index (Phi) is 6.04. The Bertz CT molecular complexity index is 939. The van der Waals surface area contributed by atoms with E-state index in [-0.39, 0.29) is 0 Å². The van der Waals surface area contributed by atoms with Crippen molar-refractivity contribution in [2.45, 2.75) is 13.8 Å². The highest BCUT2D eigenvalue weighted by atomic mass is 15.2. The molecule has 0 radical (unpaired) electrons. The molecular formula is C22H27N5. The van der Waals surface area contributed by atoms with Gasteiger partial charge in [0.1, 0.15) is 5.82 Å². The summed E-state index contributed by atoms with van der Waals surface area (Å²) in [5.74, 6) is 0.852. The van der Waals surface area contributed by atoms with Crippen LogP contribution < -0.4 is 10.6 Å². The van der Waals surface area contributed by atoms with Gasteiger partial charge in [-0.05, 0) is 42.8 Å². The Hall–Kier alpha value is -2.92. The lowest BCUT2D eigenvalue weighted by Crippen LogP contribution is -2.15. The number of nitrogens with one attached hydrogen (secondary N) is 2. The molecule has 0 atom stereocenters. The Labute approximate surface area is 161 Å². The van der Waals surface area contributed by atoms with Crippen LogP contribution in [0.25, 0.3) is 28.0 Å². The van der Waals surface area contributed by atoms with E-state index in [0.717, 1.165) is 41.3 Å². The summed E-state index contributed by atoms with van der Waals surface area (Å²) >= 11 is 0. The van der Waals surface area contributed by atoms with Crippen molar-refractivity contribution in [1.82, 2.24) is 20.1 Å². The lowest BCUT2D eigenvalue weighted by molar-refractivity contribution is 0.768. The van der Waals surface area contributed by atoms with E-state index in [1.165, 1.54) is 11.1 Å². The van der Waals surface area contributed by atoms with Crippen molar-refractivity contribution >= 4 is 11.4 Å². The summed E-state index contributed by atoms with van der Waals surface area (Å²) in [6.07, 6.45) is 6.02. The quantitative estimate of drug-likeness (QED) is 0.662. The summed E-state index contributed by atoms with van der Waals surface area (Å²) in [7, 11) is 3.82. The highest BCUT2D eigenvalue weighted by Gasteiger charge is 2.11. The molecule has 0 unspecified atom stereocenters. The number of hydrogen-bond acceptors (Lipinski definition) is 4. The summed E-state index contributed by atoms with van der Waals surface area (Å²) in [4.78, 5) is 4.85. The van der Waals surface area contributed by atoms with Crippen LogP contribution in [-0.2, 0) is 7.05 Å². The maximum absolute atomic E-state index is 4.85. The van der Waals surface area contributed by atoms with Crippen LogP contribution in [0.15, 0.2) is 54.9 Å². The third-order valence-corrected chi connectivity index (χ3v) is 4.59. The van der Waals surface area contributed by atoms with Gasteiger partial charge < -0.3 is 10.6 Å². The molecule has 2 aromatic heterocycles. The Morgan fingerprint density at radius 2 is 2.04 bits per heavy atom. The van der Waals surface area contributed by atoms with E-state index in [1.807, 2.05) is 26.5 Å². The molecule has 2 N–H and O–H groups in total. The van der Waals surface area contributed by atoms with Crippen LogP contribution in [0.4, 0.5) is 5.82 Å². The number of pyridine rings is 1. The summed E-state index contributed by atoms with van der Waals surface area (Å²) < 4.78 is 1.80. The number of likely N-dealkylation sites (N-methyl/N-ethyl adjacent to an activating group) is 1. The highest BCUT2D eigenvalue weighted by Crippen LogP contribution is 2.30. The van der Waals surface area contributed by atoms with E-state index in [1.54, 1.807) is 4.68 Å². The molecule has 0 fully saturated rings. The normalized spacial score (nSPS) is 11.6.